The Balaban J connectivity index is 2.50. The van der Waals surface area contributed by atoms with E-state index in [-0.39, 0.29) is 13.2 Å². The van der Waals surface area contributed by atoms with Crippen molar-refractivity contribution >= 4 is 15.9 Å². The van der Waals surface area contributed by atoms with E-state index in [0.29, 0.717) is 17.1 Å². The van der Waals surface area contributed by atoms with Crippen LogP contribution in [0.4, 0.5) is 0 Å². The van der Waals surface area contributed by atoms with Crippen molar-refractivity contribution in [2.24, 2.45) is 0 Å². The van der Waals surface area contributed by atoms with Crippen LogP contribution in [0.25, 0.3) is 11.4 Å². The molecule has 0 atom stereocenters. The Morgan fingerprint density at radius 2 is 2.28 bits per heavy atom. The molecule has 2 aromatic heterocycles. The summed E-state index contributed by atoms with van der Waals surface area (Å²) in [4.78, 5) is 4.37. The molecule has 2 aromatic rings. The summed E-state index contributed by atoms with van der Waals surface area (Å²) < 4.78 is 2.27. The summed E-state index contributed by atoms with van der Waals surface area (Å²) in [7, 11) is 0. The minimum absolute atomic E-state index is 0.0540. The van der Waals surface area contributed by atoms with Crippen molar-refractivity contribution in [3.63, 3.8) is 0 Å². The Labute approximate surface area is 112 Å². The third-order valence-corrected chi connectivity index (χ3v) is 3.31. The summed E-state index contributed by atoms with van der Waals surface area (Å²) in [5, 5.41) is 25.8. The molecule has 0 amide bonds. The van der Waals surface area contributed by atoms with E-state index in [0.717, 1.165) is 10.2 Å². The van der Waals surface area contributed by atoms with Gasteiger partial charge < -0.3 is 5.11 Å². The van der Waals surface area contributed by atoms with E-state index >= 15 is 0 Å². The van der Waals surface area contributed by atoms with E-state index in [9.17, 15) is 5.11 Å². The Kier molecular flexibility index (Phi) is 3.69. The fourth-order valence-electron chi connectivity index (χ4n) is 1.56. The number of hydrogen-bond acceptors (Lipinski definition) is 5. The minimum atomic E-state index is -0.235. The molecule has 0 saturated carbocycles. The quantitative estimate of drug-likeness (QED) is 0.926. The predicted molar refractivity (Wildman–Crippen MR) is 67.2 cm³/mol. The van der Waals surface area contributed by atoms with Crippen LogP contribution in [0, 0.1) is 18.3 Å². The van der Waals surface area contributed by atoms with Gasteiger partial charge in [0.05, 0.1) is 29.8 Å². The van der Waals surface area contributed by atoms with Crippen LogP contribution >= 0.6 is 15.9 Å². The maximum absolute atomic E-state index is 9.35. The van der Waals surface area contributed by atoms with Crippen LogP contribution in [-0.4, -0.2) is 25.1 Å². The molecule has 0 aliphatic carbocycles. The molecule has 0 aliphatic heterocycles. The normalized spacial score (nSPS) is 10.3. The SMILES string of the molecule is Cc1nc(-c2nnn(CC#N)c2CO)ccc1Br. The fraction of sp³-hybridized carbons (Fsp3) is 0.273. The van der Waals surface area contributed by atoms with E-state index in [2.05, 4.69) is 31.2 Å². The largest absolute Gasteiger partial charge is 0.390 e. The van der Waals surface area contributed by atoms with Gasteiger partial charge >= 0.3 is 0 Å². The van der Waals surface area contributed by atoms with Gasteiger partial charge in [-0.2, -0.15) is 5.26 Å². The van der Waals surface area contributed by atoms with Gasteiger partial charge in [0.1, 0.15) is 12.2 Å². The minimum Gasteiger partial charge on any atom is -0.390 e. The highest BCUT2D eigenvalue weighted by molar-refractivity contribution is 9.10. The molecule has 1 N–H and O–H groups in total. The number of halogens is 1. The van der Waals surface area contributed by atoms with Crippen molar-refractivity contribution in [1.82, 2.24) is 20.0 Å². The monoisotopic (exact) mass is 307 g/mol. The number of aryl methyl sites for hydroxylation is 1. The second kappa shape index (κ2) is 5.25. The van der Waals surface area contributed by atoms with Crippen molar-refractivity contribution in [2.75, 3.05) is 0 Å². The van der Waals surface area contributed by atoms with Crippen LogP contribution in [0.2, 0.25) is 0 Å². The first-order valence-corrected chi connectivity index (χ1v) is 6.00. The maximum atomic E-state index is 9.35. The third kappa shape index (κ3) is 2.25. The second-order valence-corrected chi connectivity index (χ2v) is 4.48. The summed E-state index contributed by atoms with van der Waals surface area (Å²) in [6.07, 6.45) is 0. The molecule has 0 saturated heterocycles. The lowest BCUT2D eigenvalue weighted by atomic mass is 10.2. The maximum Gasteiger partial charge on any atom is 0.137 e. The zero-order valence-electron chi connectivity index (χ0n) is 9.63. The summed E-state index contributed by atoms with van der Waals surface area (Å²) in [5.74, 6) is 0. The molecule has 2 heterocycles. The summed E-state index contributed by atoms with van der Waals surface area (Å²) in [6.45, 7) is 1.69. The van der Waals surface area contributed by atoms with Crippen molar-refractivity contribution in [3.8, 4) is 17.5 Å². The lowest BCUT2D eigenvalue weighted by Crippen LogP contribution is -2.04. The number of hydrogen-bond donors (Lipinski definition) is 1. The molecule has 2 rings (SSSR count). The molecule has 6 nitrogen and oxygen atoms in total. The third-order valence-electron chi connectivity index (χ3n) is 2.47. The number of nitriles is 1. The van der Waals surface area contributed by atoms with E-state index in [1.165, 1.54) is 4.68 Å². The molecule has 0 unspecified atom stereocenters. The number of nitrogens with zero attached hydrogens (tertiary/aromatic N) is 5. The molecule has 0 bridgehead atoms. The topological polar surface area (TPSA) is 87.6 Å². The number of aliphatic hydroxyl groups excluding tert-OH is 1. The van der Waals surface area contributed by atoms with E-state index in [1.807, 2.05) is 19.1 Å². The van der Waals surface area contributed by atoms with Gasteiger partial charge in [-0.1, -0.05) is 5.21 Å². The number of aliphatic hydroxyl groups is 1. The van der Waals surface area contributed by atoms with E-state index < -0.39 is 0 Å². The Bertz CT molecular complexity index is 616. The van der Waals surface area contributed by atoms with Crippen molar-refractivity contribution in [1.29, 1.82) is 5.26 Å². The van der Waals surface area contributed by atoms with Crippen molar-refractivity contribution in [3.05, 3.63) is 28.0 Å². The number of pyridine rings is 1. The van der Waals surface area contributed by atoms with E-state index in [4.69, 9.17) is 5.26 Å². The van der Waals surface area contributed by atoms with Crippen molar-refractivity contribution in [2.45, 2.75) is 20.1 Å². The number of rotatable bonds is 3. The molecule has 92 valence electrons. The molecule has 0 aliphatic rings. The van der Waals surface area contributed by atoms with Crippen LogP contribution < -0.4 is 0 Å². The molecule has 0 fully saturated rings. The highest BCUT2D eigenvalue weighted by Gasteiger charge is 2.15. The van der Waals surface area contributed by atoms with Crippen LogP contribution in [-0.2, 0) is 13.2 Å². The standard InChI is InChI=1S/C11H10BrN5O/c1-7-8(12)2-3-9(14-7)11-10(6-18)17(5-4-13)16-15-11/h2-3,18H,5-6H2,1H3. The average molecular weight is 308 g/mol. The Morgan fingerprint density at radius 3 is 2.89 bits per heavy atom. The van der Waals surface area contributed by atoms with Gasteiger partial charge in [-0.3, -0.25) is 4.98 Å². The fourth-order valence-corrected chi connectivity index (χ4v) is 1.78. The zero-order chi connectivity index (χ0) is 13.1. The number of aromatic nitrogens is 4. The molecule has 0 spiro atoms. The van der Waals surface area contributed by atoms with E-state index in [1.54, 1.807) is 6.07 Å². The summed E-state index contributed by atoms with van der Waals surface area (Å²) in [5.41, 5.74) is 2.45. The summed E-state index contributed by atoms with van der Waals surface area (Å²) in [6, 6.07) is 5.62. The molecule has 0 aromatic carbocycles. The first-order valence-electron chi connectivity index (χ1n) is 5.21. The molecule has 7 heteroatoms. The average Bonchev–Trinajstić information content (AvgIpc) is 2.76. The van der Waals surface area contributed by atoms with Gasteiger partial charge in [0, 0.05) is 4.47 Å². The Hall–Kier alpha value is -1.78. The van der Waals surface area contributed by atoms with Crippen molar-refractivity contribution < 1.29 is 5.11 Å². The molecular formula is C11H10BrN5O. The second-order valence-electron chi connectivity index (χ2n) is 3.62. The van der Waals surface area contributed by atoms with Gasteiger partial charge in [0.15, 0.2) is 0 Å². The first-order chi connectivity index (χ1) is 8.67. The lowest BCUT2D eigenvalue weighted by molar-refractivity contribution is 0.270. The highest BCUT2D eigenvalue weighted by atomic mass is 79.9. The smallest absolute Gasteiger partial charge is 0.137 e. The highest BCUT2D eigenvalue weighted by Crippen LogP contribution is 2.22. The van der Waals surface area contributed by atoms with Gasteiger partial charge in [-0.05, 0) is 35.0 Å². The van der Waals surface area contributed by atoms with Crippen LogP contribution in [0.3, 0.4) is 0 Å². The van der Waals surface area contributed by atoms with Gasteiger partial charge in [0.2, 0.25) is 0 Å². The first kappa shape index (κ1) is 12.7. The lowest BCUT2D eigenvalue weighted by Gasteiger charge is -2.03. The van der Waals surface area contributed by atoms with Crippen LogP contribution in [0.1, 0.15) is 11.4 Å². The van der Waals surface area contributed by atoms with Gasteiger partial charge in [0.25, 0.3) is 0 Å². The molecule has 18 heavy (non-hydrogen) atoms. The van der Waals surface area contributed by atoms with Gasteiger partial charge in [-0.15, -0.1) is 5.10 Å². The Morgan fingerprint density at radius 1 is 1.50 bits per heavy atom. The zero-order valence-corrected chi connectivity index (χ0v) is 11.2. The summed E-state index contributed by atoms with van der Waals surface area (Å²) >= 11 is 3.37. The molecular weight excluding hydrogens is 298 g/mol. The van der Waals surface area contributed by atoms with Crippen LogP contribution in [0.5, 0.6) is 0 Å². The van der Waals surface area contributed by atoms with Gasteiger partial charge in [-0.25, -0.2) is 4.68 Å². The van der Waals surface area contributed by atoms with Crippen LogP contribution in [0.15, 0.2) is 16.6 Å². The molecule has 0 radical (unpaired) electrons. The predicted octanol–water partition coefficient (Wildman–Crippen LogP) is 1.43.